The van der Waals surface area contributed by atoms with Gasteiger partial charge in [0.15, 0.2) is 0 Å². The molecule has 10 heteroatoms. The fourth-order valence-electron chi connectivity index (χ4n) is 2.71. The van der Waals surface area contributed by atoms with Crippen molar-refractivity contribution in [3.63, 3.8) is 0 Å². The number of carboxylic acid groups (broad SMARTS) is 1. The third-order valence-corrected chi connectivity index (χ3v) is 5.63. The van der Waals surface area contributed by atoms with Crippen LogP contribution in [0.4, 0.5) is 0 Å². The predicted molar refractivity (Wildman–Crippen MR) is 121 cm³/mol. The zero-order valence-corrected chi connectivity index (χ0v) is 18.8. The van der Waals surface area contributed by atoms with E-state index < -0.39 is 35.9 Å². The first-order valence-electron chi connectivity index (χ1n) is 9.48. The van der Waals surface area contributed by atoms with E-state index in [0.717, 1.165) is 5.56 Å². The van der Waals surface area contributed by atoms with E-state index in [1.165, 1.54) is 11.8 Å². The molecule has 4 N–H and O–H groups in total. The molecule has 0 aliphatic carbocycles. The molecule has 3 amide bonds. The van der Waals surface area contributed by atoms with Gasteiger partial charge in [0.05, 0.1) is 0 Å². The molecule has 166 valence electrons. The van der Waals surface area contributed by atoms with Crippen molar-refractivity contribution in [3.05, 3.63) is 35.9 Å². The summed E-state index contributed by atoms with van der Waals surface area (Å²) >= 11 is 3.05. The van der Waals surface area contributed by atoms with E-state index >= 15 is 0 Å². The third-order valence-electron chi connectivity index (χ3n) is 4.34. The van der Waals surface area contributed by atoms with Gasteiger partial charge >= 0.3 is 5.97 Å². The van der Waals surface area contributed by atoms with Gasteiger partial charge in [0.25, 0.3) is 0 Å². The van der Waals surface area contributed by atoms with Gasteiger partial charge in [0.2, 0.25) is 18.2 Å². The molecule has 0 saturated carbocycles. The van der Waals surface area contributed by atoms with E-state index in [4.69, 9.17) is 0 Å². The molecule has 0 saturated heterocycles. The summed E-state index contributed by atoms with van der Waals surface area (Å²) in [7, 11) is 0. The number of carbonyl (C=O) groups excluding carboxylic acids is 3. The molecule has 0 heterocycles. The summed E-state index contributed by atoms with van der Waals surface area (Å²) in [6.07, 6.45) is 5.13. The Bertz CT molecular complexity index is 690. The Morgan fingerprint density at radius 1 is 0.933 bits per heavy atom. The van der Waals surface area contributed by atoms with Crippen LogP contribution in [0, 0.1) is 0 Å². The van der Waals surface area contributed by atoms with E-state index in [1.807, 2.05) is 18.6 Å². The maximum Gasteiger partial charge on any atom is 0.326 e. The number of thioether (sulfide) groups is 2. The van der Waals surface area contributed by atoms with Crippen LogP contribution in [0.25, 0.3) is 0 Å². The van der Waals surface area contributed by atoms with Crippen molar-refractivity contribution in [2.24, 2.45) is 0 Å². The van der Waals surface area contributed by atoms with E-state index in [0.29, 0.717) is 30.8 Å². The van der Waals surface area contributed by atoms with Gasteiger partial charge in [-0.3, -0.25) is 14.4 Å². The van der Waals surface area contributed by atoms with Crippen molar-refractivity contribution in [1.82, 2.24) is 16.0 Å². The zero-order valence-electron chi connectivity index (χ0n) is 17.1. The van der Waals surface area contributed by atoms with Gasteiger partial charge in [-0.25, -0.2) is 4.79 Å². The van der Waals surface area contributed by atoms with Crippen molar-refractivity contribution in [3.8, 4) is 0 Å². The van der Waals surface area contributed by atoms with Crippen molar-refractivity contribution in [1.29, 1.82) is 0 Å². The lowest BCUT2D eigenvalue weighted by Gasteiger charge is -2.23. The lowest BCUT2D eigenvalue weighted by molar-refractivity contribution is -0.142. The standard InChI is InChI=1S/C20H29N3O5S2/c1-29-10-8-15(21-13-24)18(25)22-16(9-11-30-2)19(26)23-17(20(27)28)12-14-6-4-3-5-7-14/h3-7,13,15-17H,8-12H2,1-2H3,(H,21,24)(H,22,25)(H,23,26)(H,27,28)/t15-,16+,17+/m0/s1. The van der Waals surface area contributed by atoms with Crippen LogP contribution >= 0.6 is 23.5 Å². The average Bonchev–Trinajstić information content (AvgIpc) is 2.73. The highest BCUT2D eigenvalue weighted by Crippen LogP contribution is 2.07. The summed E-state index contributed by atoms with van der Waals surface area (Å²) < 4.78 is 0. The SMILES string of the molecule is CSCC[C@H](NC=O)C(=O)N[C@H](CCSC)C(=O)N[C@H](Cc1ccccc1)C(=O)O. The Hall–Kier alpha value is -2.20. The molecule has 0 aliphatic rings. The number of hydrogen-bond donors (Lipinski definition) is 4. The number of rotatable bonds is 15. The molecule has 0 aliphatic heterocycles. The predicted octanol–water partition coefficient (Wildman–Crippen LogP) is 0.904. The number of carboxylic acids is 1. The maximum absolute atomic E-state index is 12.8. The Labute approximate surface area is 185 Å². The first kappa shape index (κ1) is 25.8. The molecular formula is C20H29N3O5S2. The van der Waals surface area contributed by atoms with Crippen LogP contribution in [0.15, 0.2) is 30.3 Å². The van der Waals surface area contributed by atoms with Gasteiger partial charge in [-0.2, -0.15) is 23.5 Å². The maximum atomic E-state index is 12.8. The highest BCUT2D eigenvalue weighted by molar-refractivity contribution is 7.98. The number of hydrogen-bond acceptors (Lipinski definition) is 6. The molecule has 30 heavy (non-hydrogen) atoms. The molecule has 1 aromatic carbocycles. The van der Waals surface area contributed by atoms with Crippen molar-refractivity contribution in [2.75, 3.05) is 24.0 Å². The minimum absolute atomic E-state index is 0.133. The molecular weight excluding hydrogens is 426 g/mol. The van der Waals surface area contributed by atoms with Crippen LogP contribution in [-0.4, -0.2) is 71.4 Å². The molecule has 3 atom stereocenters. The molecule has 1 rings (SSSR count). The normalized spacial score (nSPS) is 13.5. The van der Waals surface area contributed by atoms with E-state index in [2.05, 4.69) is 16.0 Å². The first-order chi connectivity index (χ1) is 14.4. The molecule has 0 bridgehead atoms. The number of benzene rings is 1. The van der Waals surface area contributed by atoms with Gasteiger partial charge < -0.3 is 21.1 Å². The number of aliphatic carboxylic acids is 1. The Morgan fingerprint density at radius 2 is 1.47 bits per heavy atom. The Morgan fingerprint density at radius 3 is 2.00 bits per heavy atom. The largest absolute Gasteiger partial charge is 0.480 e. The van der Waals surface area contributed by atoms with Gasteiger partial charge in [0, 0.05) is 6.42 Å². The van der Waals surface area contributed by atoms with E-state index in [9.17, 15) is 24.3 Å². The molecule has 1 aromatic rings. The lowest BCUT2D eigenvalue weighted by atomic mass is 10.1. The van der Waals surface area contributed by atoms with Crippen LogP contribution in [-0.2, 0) is 25.6 Å². The average molecular weight is 456 g/mol. The Kier molecular flexibility index (Phi) is 12.7. The molecule has 0 fully saturated rings. The fraction of sp³-hybridized carbons (Fsp3) is 0.500. The second kappa shape index (κ2) is 14.7. The summed E-state index contributed by atoms with van der Waals surface area (Å²) in [6.45, 7) is 0. The number of nitrogens with one attached hydrogen (secondary N) is 3. The minimum Gasteiger partial charge on any atom is -0.480 e. The van der Waals surface area contributed by atoms with E-state index in [-0.39, 0.29) is 6.42 Å². The highest BCUT2D eigenvalue weighted by atomic mass is 32.2. The van der Waals surface area contributed by atoms with Crippen LogP contribution in [0.5, 0.6) is 0 Å². The summed E-state index contributed by atoms with van der Waals surface area (Å²) in [5, 5.41) is 17.2. The van der Waals surface area contributed by atoms with Crippen LogP contribution in [0.2, 0.25) is 0 Å². The molecule has 0 radical (unpaired) electrons. The summed E-state index contributed by atoms with van der Waals surface area (Å²) in [5.41, 5.74) is 0.780. The third kappa shape index (κ3) is 9.53. The van der Waals surface area contributed by atoms with Gasteiger partial charge in [-0.05, 0) is 42.4 Å². The van der Waals surface area contributed by atoms with Crippen molar-refractivity contribution in [2.45, 2.75) is 37.4 Å². The fourth-order valence-corrected chi connectivity index (χ4v) is 3.65. The second-order valence-electron chi connectivity index (χ2n) is 6.55. The molecule has 0 unspecified atom stereocenters. The van der Waals surface area contributed by atoms with Crippen molar-refractivity contribution < 1.29 is 24.3 Å². The second-order valence-corrected chi connectivity index (χ2v) is 8.52. The monoisotopic (exact) mass is 455 g/mol. The summed E-state index contributed by atoms with van der Waals surface area (Å²) in [4.78, 5) is 47.8. The zero-order chi connectivity index (χ0) is 22.4. The number of carbonyl (C=O) groups is 4. The lowest BCUT2D eigenvalue weighted by Crippen LogP contribution is -2.55. The highest BCUT2D eigenvalue weighted by Gasteiger charge is 2.28. The van der Waals surface area contributed by atoms with Crippen LogP contribution in [0.3, 0.4) is 0 Å². The summed E-state index contributed by atoms with van der Waals surface area (Å²) in [5.74, 6) is -0.908. The number of amides is 3. The quantitative estimate of drug-likeness (QED) is 0.290. The topological polar surface area (TPSA) is 125 Å². The van der Waals surface area contributed by atoms with Crippen LogP contribution < -0.4 is 16.0 Å². The smallest absolute Gasteiger partial charge is 0.326 e. The summed E-state index contributed by atoms with van der Waals surface area (Å²) in [6, 6.07) is 6.24. The Balaban J connectivity index is 2.85. The van der Waals surface area contributed by atoms with Gasteiger partial charge in [0.1, 0.15) is 18.1 Å². The van der Waals surface area contributed by atoms with Gasteiger partial charge in [-0.15, -0.1) is 0 Å². The molecule has 8 nitrogen and oxygen atoms in total. The molecule has 0 spiro atoms. The van der Waals surface area contributed by atoms with Crippen LogP contribution in [0.1, 0.15) is 18.4 Å². The van der Waals surface area contributed by atoms with Gasteiger partial charge in [-0.1, -0.05) is 30.3 Å². The minimum atomic E-state index is -1.15. The van der Waals surface area contributed by atoms with E-state index in [1.54, 1.807) is 36.0 Å². The van der Waals surface area contributed by atoms with Crippen molar-refractivity contribution >= 4 is 47.7 Å². The molecule has 0 aromatic heterocycles. The first-order valence-corrected chi connectivity index (χ1v) is 12.3.